The Balaban J connectivity index is 1.62. The molecule has 0 saturated heterocycles. The summed E-state index contributed by atoms with van der Waals surface area (Å²) in [6, 6.07) is 21.6. The molecule has 3 aromatic carbocycles. The van der Waals surface area contributed by atoms with Crippen molar-refractivity contribution in [2.24, 2.45) is 5.73 Å². The molecule has 2 aliphatic rings. The normalized spacial score (nSPS) is 16.7. The number of hydrogen-bond donors (Lipinski definition) is 1. The molecular formula is C33H23F2N5O2. The van der Waals surface area contributed by atoms with E-state index >= 15 is 8.78 Å². The number of ether oxygens (including phenoxy) is 1. The maximum atomic E-state index is 15.1. The van der Waals surface area contributed by atoms with Crippen LogP contribution in [0.1, 0.15) is 41.9 Å². The molecule has 4 aromatic rings. The van der Waals surface area contributed by atoms with E-state index in [4.69, 9.17) is 15.5 Å². The molecule has 42 heavy (non-hydrogen) atoms. The second kappa shape index (κ2) is 10.5. The lowest BCUT2D eigenvalue weighted by molar-refractivity contribution is -0.116. The minimum Gasteiger partial charge on any atom is -0.439 e. The van der Waals surface area contributed by atoms with Gasteiger partial charge in [-0.3, -0.25) is 9.69 Å². The number of rotatable bonds is 4. The number of aromatic nitrogens is 1. The molecule has 1 aromatic heterocycles. The molecule has 6 rings (SSSR count). The molecule has 9 heteroatoms. The van der Waals surface area contributed by atoms with Crippen molar-refractivity contribution in [1.82, 2.24) is 4.98 Å². The first-order valence-corrected chi connectivity index (χ1v) is 13.3. The highest BCUT2D eigenvalue weighted by molar-refractivity contribution is 6.01. The van der Waals surface area contributed by atoms with Gasteiger partial charge in [0.2, 0.25) is 5.88 Å². The third kappa shape index (κ3) is 4.42. The molecule has 1 aliphatic heterocycles. The van der Waals surface area contributed by atoms with Gasteiger partial charge in [-0.25, -0.2) is 13.8 Å². The molecule has 0 fully saturated rings. The van der Waals surface area contributed by atoms with E-state index in [1.54, 1.807) is 24.3 Å². The average Bonchev–Trinajstić information content (AvgIpc) is 2.98. The monoisotopic (exact) mass is 559 g/mol. The summed E-state index contributed by atoms with van der Waals surface area (Å²) in [6.07, 6.45) is 0.972. The molecule has 1 atom stereocenters. The molecule has 0 radical (unpaired) electrons. The molecule has 2 heterocycles. The van der Waals surface area contributed by atoms with Crippen LogP contribution in [0.3, 0.4) is 0 Å². The van der Waals surface area contributed by atoms with Gasteiger partial charge < -0.3 is 10.5 Å². The van der Waals surface area contributed by atoms with Crippen LogP contribution in [-0.2, 0) is 4.79 Å². The van der Waals surface area contributed by atoms with Gasteiger partial charge >= 0.3 is 0 Å². The summed E-state index contributed by atoms with van der Waals surface area (Å²) in [7, 11) is 0. The zero-order valence-electron chi connectivity index (χ0n) is 22.5. The van der Waals surface area contributed by atoms with Crippen LogP contribution in [0.4, 0.5) is 14.5 Å². The first-order valence-electron chi connectivity index (χ1n) is 13.3. The minimum absolute atomic E-state index is 0.0508. The Morgan fingerprint density at radius 1 is 1.00 bits per heavy atom. The van der Waals surface area contributed by atoms with E-state index < -0.39 is 23.2 Å². The van der Waals surface area contributed by atoms with Gasteiger partial charge in [0.25, 0.3) is 0 Å². The Bertz CT molecular complexity index is 1910. The number of halogens is 2. The number of carbonyl (C=O) groups excluding carboxylic acids is 1. The largest absolute Gasteiger partial charge is 0.439 e. The number of nitriles is 2. The number of anilines is 1. The number of pyridine rings is 1. The third-order valence-corrected chi connectivity index (χ3v) is 7.55. The number of Topliss-reactive ketones (excluding diaryl/α,β-unsaturated/α-hetero) is 1. The predicted molar refractivity (Wildman–Crippen MR) is 152 cm³/mol. The lowest BCUT2D eigenvalue weighted by Crippen LogP contribution is -2.39. The molecule has 2 N–H and O–H groups in total. The number of carbonyl (C=O) groups is 1. The van der Waals surface area contributed by atoms with Crippen LogP contribution in [0.5, 0.6) is 11.6 Å². The Morgan fingerprint density at radius 2 is 1.74 bits per heavy atom. The highest BCUT2D eigenvalue weighted by Crippen LogP contribution is 2.49. The van der Waals surface area contributed by atoms with E-state index in [0.717, 1.165) is 23.1 Å². The van der Waals surface area contributed by atoms with Gasteiger partial charge in [0.15, 0.2) is 5.78 Å². The van der Waals surface area contributed by atoms with Crippen molar-refractivity contribution >= 4 is 22.4 Å². The Labute approximate surface area is 240 Å². The fourth-order valence-corrected chi connectivity index (χ4v) is 5.65. The summed E-state index contributed by atoms with van der Waals surface area (Å²) in [5, 5.41) is 20.4. The molecule has 0 amide bonds. The molecule has 0 saturated carbocycles. The van der Waals surface area contributed by atoms with Gasteiger partial charge in [-0.05, 0) is 74.4 Å². The molecule has 7 nitrogen and oxygen atoms in total. The van der Waals surface area contributed by atoms with Gasteiger partial charge in [-0.2, -0.15) is 10.5 Å². The van der Waals surface area contributed by atoms with Gasteiger partial charge in [-0.1, -0.05) is 17.7 Å². The predicted octanol–water partition coefficient (Wildman–Crippen LogP) is 6.79. The second-order valence-electron chi connectivity index (χ2n) is 10.2. The first kappa shape index (κ1) is 26.7. The van der Waals surface area contributed by atoms with Crippen molar-refractivity contribution in [3.05, 3.63) is 118 Å². The number of para-hydroxylation sites is 1. The number of allylic oxidation sites excluding steroid dienone is 3. The van der Waals surface area contributed by atoms with Crippen LogP contribution < -0.4 is 15.4 Å². The van der Waals surface area contributed by atoms with Crippen molar-refractivity contribution in [3.8, 4) is 23.8 Å². The molecule has 1 aliphatic carbocycles. The fourth-order valence-electron chi connectivity index (χ4n) is 5.65. The number of benzene rings is 3. The van der Waals surface area contributed by atoms with Gasteiger partial charge in [-0.15, -0.1) is 0 Å². The van der Waals surface area contributed by atoms with Crippen LogP contribution >= 0.6 is 0 Å². The summed E-state index contributed by atoms with van der Waals surface area (Å²) in [4.78, 5) is 19.6. The molecule has 0 spiro atoms. The standard InChI is InChI=1S/C33H23F2N5O2/c1-18-8-13-26-20(14-18)15-22(33(39-26)42-21-11-9-19(16-36)10-12-21)29-23(17-37)32(38)40(27-6-3-7-28(41)30(27)29)31-24(34)4-2-5-25(31)35/h2,4-5,8-15,29H,3,6-7,38H2,1H3. The number of nitrogens with two attached hydrogens (primary N) is 1. The fraction of sp³-hybridized carbons (Fsp3) is 0.152. The van der Waals surface area contributed by atoms with E-state index in [0.29, 0.717) is 40.9 Å². The van der Waals surface area contributed by atoms with Gasteiger partial charge in [0.1, 0.15) is 28.9 Å². The molecular weight excluding hydrogens is 536 g/mol. The van der Waals surface area contributed by atoms with Crippen molar-refractivity contribution in [2.45, 2.75) is 32.1 Å². The van der Waals surface area contributed by atoms with E-state index in [9.17, 15) is 15.3 Å². The number of hydrogen-bond acceptors (Lipinski definition) is 7. The summed E-state index contributed by atoms with van der Waals surface area (Å²) in [5.74, 6) is -2.63. The van der Waals surface area contributed by atoms with Crippen molar-refractivity contribution in [2.75, 3.05) is 4.90 Å². The third-order valence-electron chi connectivity index (χ3n) is 7.55. The van der Waals surface area contributed by atoms with E-state index in [1.165, 1.54) is 11.0 Å². The zero-order valence-corrected chi connectivity index (χ0v) is 22.5. The SMILES string of the molecule is Cc1ccc2nc(Oc3ccc(C#N)cc3)c(C3C(C#N)=C(N)N(c4c(F)cccc4F)C4=C3C(=O)CCC4)cc2c1. The van der Waals surface area contributed by atoms with E-state index in [1.807, 2.05) is 31.2 Å². The quantitative estimate of drug-likeness (QED) is 0.293. The Hall–Kier alpha value is -5.54. The van der Waals surface area contributed by atoms with Crippen LogP contribution in [0.25, 0.3) is 10.9 Å². The Kier molecular flexibility index (Phi) is 6.64. The van der Waals surface area contributed by atoms with Crippen LogP contribution in [0.2, 0.25) is 0 Å². The second-order valence-corrected chi connectivity index (χ2v) is 10.2. The van der Waals surface area contributed by atoms with E-state index in [2.05, 4.69) is 12.1 Å². The van der Waals surface area contributed by atoms with Crippen molar-refractivity contribution < 1.29 is 18.3 Å². The minimum atomic E-state index is -0.991. The lowest BCUT2D eigenvalue weighted by atomic mass is 9.75. The van der Waals surface area contributed by atoms with E-state index in [-0.39, 0.29) is 35.1 Å². The topological polar surface area (TPSA) is 116 Å². The molecule has 206 valence electrons. The highest BCUT2D eigenvalue weighted by Gasteiger charge is 2.43. The average molecular weight is 560 g/mol. The number of fused-ring (bicyclic) bond motifs is 1. The maximum Gasteiger partial charge on any atom is 0.224 e. The summed E-state index contributed by atoms with van der Waals surface area (Å²) >= 11 is 0. The van der Waals surface area contributed by atoms with Crippen LogP contribution in [-0.4, -0.2) is 10.8 Å². The highest BCUT2D eigenvalue weighted by atomic mass is 19.1. The van der Waals surface area contributed by atoms with Crippen molar-refractivity contribution in [3.63, 3.8) is 0 Å². The number of ketones is 1. The Morgan fingerprint density at radius 3 is 2.43 bits per heavy atom. The first-order chi connectivity index (χ1) is 20.3. The smallest absolute Gasteiger partial charge is 0.224 e. The zero-order chi connectivity index (χ0) is 29.5. The maximum absolute atomic E-state index is 15.1. The van der Waals surface area contributed by atoms with Crippen LogP contribution in [0, 0.1) is 41.2 Å². The number of nitrogens with zero attached hydrogens (tertiary/aromatic N) is 4. The number of aryl methyl sites for hydroxylation is 1. The van der Waals surface area contributed by atoms with Gasteiger partial charge in [0, 0.05) is 28.6 Å². The molecule has 0 bridgehead atoms. The summed E-state index contributed by atoms with van der Waals surface area (Å²) in [5.41, 5.74) is 9.10. The van der Waals surface area contributed by atoms with Crippen LogP contribution in [0.15, 0.2) is 89.4 Å². The summed E-state index contributed by atoms with van der Waals surface area (Å²) < 4.78 is 36.4. The van der Waals surface area contributed by atoms with Crippen molar-refractivity contribution in [1.29, 1.82) is 10.5 Å². The molecule has 1 unspecified atom stereocenters. The summed E-state index contributed by atoms with van der Waals surface area (Å²) in [6.45, 7) is 1.94. The van der Waals surface area contributed by atoms with Gasteiger partial charge in [0.05, 0.1) is 34.7 Å². The lowest BCUT2D eigenvalue weighted by Gasteiger charge is -2.39.